The molecule has 2 atom stereocenters. The van der Waals surface area contributed by atoms with Crippen molar-refractivity contribution in [3.8, 4) is 5.75 Å². The quantitative estimate of drug-likeness (QED) is 0.460. The number of aryl methyl sites for hydroxylation is 1. The summed E-state index contributed by atoms with van der Waals surface area (Å²) in [5.74, 6) is 1.22. The van der Waals surface area contributed by atoms with Crippen LogP contribution < -0.4 is 4.74 Å². The lowest BCUT2D eigenvalue weighted by Crippen LogP contribution is -2.19. The molecule has 0 aliphatic heterocycles. The molecule has 0 radical (unpaired) electrons. The highest BCUT2D eigenvalue weighted by atomic mass is 16.5. The fourth-order valence-electron chi connectivity index (χ4n) is 3.77. The van der Waals surface area contributed by atoms with Crippen molar-refractivity contribution in [3.05, 3.63) is 95.3 Å². The zero-order chi connectivity index (χ0) is 20.1. The molecule has 2 heteroatoms. The maximum Gasteiger partial charge on any atom is 0.140 e. The van der Waals surface area contributed by atoms with Gasteiger partial charge in [-0.1, -0.05) is 75.7 Å². The second-order valence-electron chi connectivity index (χ2n) is 8.55. The Hall–Kier alpha value is -2.61. The van der Waals surface area contributed by atoms with Crippen LogP contribution in [0.5, 0.6) is 5.75 Å². The molecular weight excluding hydrogens is 342 g/mol. The highest BCUT2D eigenvalue weighted by Gasteiger charge is 2.28. The van der Waals surface area contributed by atoms with Gasteiger partial charge in [-0.25, -0.2) is 0 Å². The van der Waals surface area contributed by atoms with Gasteiger partial charge in [-0.15, -0.1) is 0 Å². The fraction of sp³-hybridized carbons (Fsp3) is 0.346. The average molecular weight is 374 g/mol. The predicted octanol–water partition coefficient (Wildman–Crippen LogP) is 7.10. The minimum atomic E-state index is -0.0254. The number of nitrogens with zero attached hydrogens (tertiary/aromatic N) is 1. The second kappa shape index (κ2) is 8.60. The average Bonchev–Trinajstić information content (AvgIpc) is 2.68. The number of hydrogen-bond donors (Lipinski definition) is 0. The highest BCUT2D eigenvalue weighted by molar-refractivity contribution is 5.38. The summed E-state index contributed by atoms with van der Waals surface area (Å²) < 4.78 is 6.23. The van der Waals surface area contributed by atoms with Gasteiger partial charge in [-0.05, 0) is 54.2 Å². The van der Waals surface area contributed by atoms with Crippen LogP contribution >= 0.6 is 0 Å². The summed E-state index contributed by atoms with van der Waals surface area (Å²) in [6, 6.07) is 23.5. The van der Waals surface area contributed by atoms with E-state index >= 15 is 0 Å². The Balaban J connectivity index is 1.84. The maximum absolute atomic E-state index is 6.23. The third-order valence-electron chi connectivity index (χ3n) is 5.16. The van der Waals surface area contributed by atoms with E-state index in [4.69, 9.17) is 4.74 Å². The first-order valence-electron chi connectivity index (χ1n) is 10.1. The van der Waals surface area contributed by atoms with Crippen LogP contribution in [0.2, 0.25) is 0 Å². The van der Waals surface area contributed by atoms with E-state index in [9.17, 15) is 0 Å². The molecule has 0 bridgehead atoms. The molecule has 146 valence electrons. The van der Waals surface area contributed by atoms with Gasteiger partial charge in [0.05, 0.1) is 5.69 Å². The van der Waals surface area contributed by atoms with Crippen molar-refractivity contribution >= 4 is 0 Å². The lowest BCUT2D eigenvalue weighted by Gasteiger charge is -2.32. The first kappa shape index (κ1) is 20.1. The van der Waals surface area contributed by atoms with E-state index in [0.717, 1.165) is 17.9 Å². The Morgan fingerprint density at radius 1 is 0.857 bits per heavy atom. The van der Waals surface area contributed by atoms with E-state index in [1.807, 2.05) is 24.4 Å². The van der Waals surface area contributed by atoms with Crippen molar-refractivity contribution in [1.82, 2.24) is 4.98 Å². The molecule has 0 aliphatic rings. The summed E-state index contributed by atoms with van der Waals surface area (Å²) >= 11 is 0. The molecule has 0 saturated carbocycles. The monoisotopic (exact) mass is 373 g/mol. The van der Waals surface area contributed by atoms with Gasteiger partial charge in [0, 0.05) is 12.1 Å². The molecule has 3 rings (SSSR count). The molecule has 2 aromatic carbocycles. The predicted molar refractivity (Wildman–Crippen MR) is 117 cm³/mol. The van der Waals surface area contributed by atoms with Crippen LogP contribution in [0.3, 0.4) is 0 Å². The van der Waals surface area contributed by atoms with Gasteiger partial charge in [-0.2, -0.15) is 0 Å². The van der Waals surface area contributed by atoms with Gasteiger partial charge < -0.3 is 4.74 Å². The molecule has 0 N–H and O–H groups in total. The second-order valence-corrected chi connectivity index (χ2v) is 8.55. The molecule has 0 aliphatic carbocycles. The minimum absolute atomic E-state index is 0.0254. The van der Waals surface area contributed by atoms with Gasteiger partial charge >= 0.3 is 0 Å². The Morgan fingerprint density at radius 3 is 1.96 bits per heavy atom. The maximum atomic E-state index is 6.23. The minimum Gasteiger partial charge on any atom is -0.484 e. The molecule has 0 fully saturated rings. The molecule has 1 heterocycles. The molecular formula is C26H31NO. The van der Waals surface area contributed by atoms with Crippen LogP contribution in [0.15, 0.2) is 72.9 Å². The normalized spacial score (nSPS) is 13.8. The summed E-state index contributed by atoms with van der Waals surface area (Å²) in [4.78, 5) is 4.45. The fourth-order valence-corrected chi connectivity index (χ4v) is 3.77. The third kappa shape index (κ3) is 4.81. The van der Waals surface area contributed by atoms with E-state index in [1.54, 1.807) is 0 Å². The SMILES string of the molecule is CCC(Oc1ccc(C(c2ccc(C)cc2)C(C)(C)C)cc1)c1ccccn1. The zero-order valence-corrected chi connectivity index (χ0v) is 17.6. The van der Waals surface area contributed by atoms with Crippen LogP contribution in [0.25, 0.3) is 0 Å². The first-order chi connectivity index (χ1) is 13.4. The summed E-state index contributed by atoms with van der Waals surface area (Å²) in [5.41, 5.74) is 5.06. The van der Waals surface area contributed by atoms with Crippen LogP contribution in [0.1, 0.15) is 68.5 Å². The number of aromatic nitrogens is 1. The number of pyridine rings is 1. The van der Waals surface area contributed by atoms with Crippen molar-refractivity contribution in [2.75, 3.05) is 0 Å². The number of hydrogen-bond acceptors (Lipinski definition) is 2. The van der Waals surface area contributed by atoms with Gasteiger partial charge in [0.1, 0.15) is 11.9 Å². The summed E-state index contributed by atoms with van der Waals surface area (Å²) in [6.45, 7) is 11.2. The van der Waals surface area contributed by atoms with Crippen LogP contribution in [0.4, 0.5) is 0 Å². The lowest BCUT2D eigenvalue weighted by atomic mass is 9.72. The molecule has 2 unspecified atom stereocenters. The Bertz CT molecular complexity index is 861. The van der Waals surface area contributed by atoms with E-state index in [0.29, 0.717) is 5.92 Å². The third-order valence-corrected chi connectivity index (χ3v) is 5.16. The smallest absolute Gasteiger partial charge is 0.140 e. The molecule has 0 amide bonds. The van der Waals surface area contributed by atoms with Gasteiger partial charge in [-0.3, -0.25) is 4.98 Å². The molecule has 1 aromatic heterocycles. The van der Waals surface area contributed by atoms with Gasteiger partial charge in [0.2, 0.25) is 0 Å². The first-order valence-corrected chi connectivity index (χ1v) is 10.1. The highest BCUT2D eigenvalue weighted by Crippen LogP contribution is 2.41. The van der Waals surface area contributed by atoms with Gasteiger partial charge in [0.25, 0.3) is 0 Å². The summed E-state index contributed by atoms with van der Waals surface area (Å²) in [6.07, 6.45) is 2.68. The van der Waals surface area contributed by atoms with Crippen molar-refractivity contribution in [2.24, 2.45) is 5.41 Å². The Morgan fingerprint density at radius 2 is 1.46 bits per heavy atom. The number of benzene rings is 2. The van der Waals surface area contributed by atoms with Crippen molar-refractivity contribution in [2.45, 2.75) is 53.1 Å². The van der Waals surface area contributed by atoms with Crippen molar-refractivity contribution < 1.29 is 4.74 Å². The van der Waals surface area contributed by atoms with Gasteiger partial charge in [0.15, 0.2) is 0 Å². The molecule has 2 nitrogen and oxygen atoms in total. The molecule has 0 saturated heterocycles. The summed E-state index contributed by atoms with van der Waals surface area (Å²) in [7, 11) is 0. The number of rotatable bonds is 6. The van der Waals surface area contributed by atoms with E-state index < -0.39 is 0 Å². The summed E-state index contributed by atoms with van der Waals surface area (Å²) in [5, 5.41) is 0. The molecule has 28 heavy (non-hydrogen) atoms. The molecule has 3 aromatic rings. The van der Waals surface area contributed by atoms with E-state index in [-0.39, 0.29) is 11.5 Å². The van der Waals surface area contributed by atoms with Crippen LogP contribution in [0, 0.1) is 12.3 Å². The van der Waals surface area contributed by atoms with E-state index in [2.05, 4.69) is 88.1 Å². The zero-order valence-electron chi connectivity index (χ0n) is 17.6. The van der Waals surface area contributed by atoms with Crippen molar-refractivity contribution in [1.29, 1.82) is 0 Å². The number of ether oxygens (including phenoxy) is 1. The van der Waals surface area contributed by atoms with E-state index in [1.165, 1.54) is 16.7 Å². The Kier molecular flexibility index (Phi) is 6.18. The topological polar surface area (TPSA) is 22.1 Å². The van der Waals surface area contributed by atoms with Crippen molar-refractivity contribution in [3.63, 3.8) is 0 Å². The largest absolute Gasteiger partial charge is 0.484 e. The van der Waals surface area contributed by atoms with Crippen LogP contribution in [-0.4, -0.2) is 4.98 Å². The van der Waals surface area contributed by atoms with Crippen LogP contribution in [-0.2, 0) is 0 Å². The standard InChI is InChI=1S/C26H31NO/c1-6-24(23-9-7-8-18-27-23)28-22-16-14-21(15-17-22)25(26(3,4)5)20-12-10-19(2)11-13-20/h7-18,24-25H,6H2,1-5H3. The molecule has 0 spiro atoms. The Labute approximate surface area is 169 Å². The lowest BCUT2D eigenvalue weighted by molar-refractivity contribution is 0.196.